The van der Waals surface area contributed by atoms with Gasteiger partial charge in [0.05, 0.1) is 5.69 Å². The standard InChI is InChI=1S/C32H32F3N3O2S/c1-3-6-24-12-11-22(2)17-26(24)19-30(41)20-28(39)10-5-8-23-7-4-9-25(18-23)31-36-21-38(37-31)27-13-15-29(16-14-27)40-32(33,34)35/h4,7,9,11-18,21H,3,5-6,8,10,19-20H2,1-2H3. The van der Waals surface area contributed by atoms with Gasteiger partial charge in [-0.2, -0.15) is 0 Å². The highest BCUT2D eigenvalue weighted by molar-refractivity contribution is 7.80. The molecule has 0 saturated heterocycles. The fourth-order valence-corrected chi connectivity index (χ4v) is 5.01. The molecule has 3 aromatic carbocycles. The van der Waals surface area contributed by atoms with Crippen molar-refractivity contribution in [2.24, 2.45) is 0 Å². The molecule has 0 bridgehead atoms. The molecule has 0 atom stereocenters. The van der Waals surface area contributed by atoms with Crippen LogP contribution >= 0.6 is 12.2 Å². The van der Waals surface area contributed by atoms with Gasteiger partial charge in [-0.25, -0.2) is 9.67 Å². The van der Waals surface area contributed by atoms with Gasteiger partial charge in [-0.1, -0.05) is 67.5 Å². The van der Waals surface area contributed by atoms with Crippen molar-refractivity contribution in [2.45, 2.75) is 65.2 Å². The second kappa shape index (κ2) is 13.7. The Labute approximate surface area is 243 Å². The number of rotatable bonds is 13. The molecule has 214 valence electrons. The molecule has 0 saturated carbocycles. The van der Waals surface area contributed by atoms with Gasteiger partial charge in [0.15, 0.2) is 5.82 Å². The van der Waals surface area contributed by atoms with Crippen LogP contribution in [0.5, 0.6) is 5.75 Å². The highest BCUT2D eigenvalue weighted by Gasteiger charge is 2.31. The summed E-state index contributed by atoms with van der Waals surface area (Å²) in [6.07, 6.45) is 1.72. The maximum absolute atomic E-state index is 12.7. The van der Waals surface area contributed by atoms with Crippen LogP contribution in [0.3, 0.4) is 0 Å². The molecule has 0 N–H and O–H groups in total. The lowest BCUT2D eigenvalue weighted by atomic mass is 9.95. The highest BCUT2D eigenvalue weighted by atomic mass is 32.1. The SMILES string of the molecule is CCCc1ccc(C)cc1CC(=S)CC(=O)CCCc1cccc(-c2ncn(-c3ccc(OC(F)(F)F)cc3)n2)c1. The van der Waals surface area contributed by atoms with Crippen molar-refractivity contribution in [3.8, 4) is 22.8 Å². The summed E-state index contributed by atoms with van der Waals surface area (Å²) in [4.78, 5) is 17.8. The molecule has 0 unspecified atom stereocenters. The number of aromatic nitrogens is 3. The molecule has 9 heteroatoms. The summed E-state index contributed by atoms with van der Waals surface area (Å²) in [7, 11) is 0. The Balaban J connectivity index is 1.29. The Kier molecular flexibility index (Phi) is 10.0. The third-order valence-corrected chi connectivity index (χ3v) is 6.88. The monoisotopic (exact) mass is 579 g/mol. The molecule has 4 aromatic rings. The van der Waals surface area contributed by atoms with Gasteiger partial charge in [0.2, 0.25) is 0 Å². The number of carbonyl (C=O) groups is 1. The number of halogens is 3. The number of ketones is 1. The number of alkyl halides is 3. The van der Waals surface area contributed by atoms with E-state index in [0.29, 0.717) is 37.2 Å². The second-order valence-electron chi connectivity index (χ2n) is 10.1. The van der Waals surface area contributed by atoms with E-state index in [9.17, 15) is 18.0 Å². The van der Waals surface area contributed by atoms with Crippen molar-refractivity contribution in [1.82, 2.24) is 14.8 Å². The molecule has 0 aliphatic heterocycles. The normalized spacial score (nSPS) is 11.4. The molecule has 4 rings (SSSR count). The van der Waals surface area contributed by atoms with Gasteiger partial charge < -0.3 is 4.74 Å². The van der Waals surface area contributed by atoms with Crippen LogP contribution in [0.1, 0.15) is 54.9 Å². The number of aryl methyl sites for hydroxylation is 3. The Morgan fingerprint density at radius 3 is 2.51 bits per heavy atom. The van der Waals surface area contributed by atoms with Gasteiger partial charge >= 0.3 is 6.36 Å². The van der Waals surface area contributed by atoms with Crippen LogP contribution in [-0.2, 0) is 24.1 Å². The summed E-state index contributed by atoms with van der Waals surface area (Å²) in [6, 6.07) is 19.7. The minimum atomic E-state index is -4.74. The van der Waals surface area contributed by atoms with Gasteiger partial charge in [-0.15, -0.1) is 18.3 Å². The quantitative estimate of drug-likeness (QED) is 0.150. The zero-order chi connectivity index (χ0) is 29.4. The predicted octanol–water partition coefficient (Wildman–Crippen LogP) is 7.99. The summed E-state index contributed by atoms with van der Waals surface area (Å²) in [5.41, 5.74) is 6.16. The van der Waals surface area contributed by atoms with Crippen LogP contribution in [0.25, 0.3) is 17.1 Å². The van der Waals surface area contributed by atoms with E-state index in [-0.39, 0.29) is 11.5 Å². The van der Waals surface area contributed by atoms with Gasteiger partial charge in [-0.05, 0) is 73.2 Å². The first-order valence-corrected chi connectivity index (χ1v) is 14.0. The zero-order valence-corrected chi connectivity index (χ0v) is 23.9. The van der Waals surface area contributed by atoms with Gasteiger partial charge in [0.25, 0.3) is 0 Å². The molecule has 0 aliphatic carbocycles. The van der Waals surface area contributed by atoms with Crippen LogP contribution in [0.15, 0.2) is 73.1 Å². The van der Waals surface area contributed by atoms with E-state index in [2.05, 4.69) is 46.9 Å². The van der Waals surface area contributed by atoms with Crippen molar-refractivity contribution in [2.75, 3.05) is 0 Å². The lowest BCUT2D eigenvalue weighted by molar-refractivity contribution is -0.274. The van der Waals surface area contributed by atoms with E-state index in [1.54, 1.807) is 0 Å². The maximum Gasteiger partial charge on any atom is 0.573 e. The van der Waals surface area contributed by atoms with E-state index in [0.717, 1.165) is 35.3 Å². The van der Waals surface area contributed by atoms with Crippen molar-refractivity contribution in [3.63, 3.8) is 0 Å². The second-order valence-corrected chi connectivity index (χ2v) is 10.6. The largest absolute Gasteiger partial charge is 0.573 e. The third kappa shape index (κ3) is 9.08. The third-order valence-electron chi connectivity index (χ3n) is 6.60. The summed E-state index contributed by atoms with van der Waals surface area (Å²) in [5.74, 6) is 0.340. The average Bonchev–Trinajstić information content (AvgIpc) is 3.40. The van der Waals surface area contributed by atoms with Gasteiger partial charge in [-0.3, -0.25) is 4.79 Å². The number of thiocarbonyl (C=S) groups is 1. The minimum Gasteiger partial charge on any atom is -0.406 e. The summed E-state index contributed by atoms with van der Waals surface area (Å²) >= 11 is 5.59. The molecule has 1 aromatic heterocycles. The highest BCUT2D eigenvalue weighted by Crippen LogP contribution is 2.24. The average molecular weight is 580 g/mol. The molecule has 41 heavy (non-hydrogen) atoms. The minimum absolute atomic E-state index is 0.155. The molecule has 1 heterocycles. The lowest BCUT2D eigenvalue weighted by Gasteiger charge is -2.11. The topological polar surface area (TPSA) is 57.0 Å². The number of carbonyl (C=O) groups excluding carboxylic acids is 1. The van der Waals surface area contributed by atoms with Crippen LogP contribution in [0.4, 0.5) is 13.2 Å². The van der Waals surface area contributed by atoms with Gasteiger partial charge in [0, 0.05) is 29.7 Å². The number of ether oxygens (including phenoxy) is 1. The number of nitrogens with zero attached hydrogens (tertiary/aromatic N) is 3. The van der Waals surface area contributed by atoms with E-state index in [1.165, 1.54) is 52.0 Å². The molecule has 0 fully saturated rings. The lowest BCUT2D eigenvalue weighted by Crippen LogP contribution is -2.17. The summed E-state index contributed by atoms with van der Waals surface area (Å²) in [6.45, 7) is 4.23. The fraction of sp³-hybridized carbons (Fsp3) is 0.312. The van der Waals surface area contributed by atoms with E-state index in [1.807, 2.05) is 24.3 Å². The van der Waals surface area contributed by atoms with Crippen LogP contribution in [0.2, 0.25) is 0 Å². The summed E-state index contributed by atoms with van der Waals surface area (Å²) < 4.78 is 42.6. The maximum atomic E-state index is 12.7. The van der Waals surface area contributed by atoms with E-state index >= 15 is 0 Å². The zero-order valence-electron chi connectivity index (χ0n) is 23.1. The molecular formula is C32H32F3N3O2S. The fourth-order valence-electron chi connectivity index (χ4n) is 4.69. The Morgan fingerprint density at radius 1 is 1.00 bits per heavy atom. The molecular weight excluding hydrogens is 547 g/mol. The molecule has 0 spiro atoms. The van der Waals surface area contributed by atoms with Gasteiger partial charge in [0.1, 0.15) is 17.9 Å². The van der Waals surface area contributed by atoms with Crippen LogP contribution in [0, 0.1) is 6.92 Å². The first-order chi connectivity index (χ1) is 19.6. The molecule has 0 amide bonds. The number of hydrogen-bond acceptors (Lipinski definition) is 5. The first-order valence-electron chi connectivity index (χ1n) is 13.6. The van der Waals surface area contributed by atoms with E-state index in [4.69, 9.17) is 12.2 Å². The van der Waals surface area contributed by atoms with E-state index < -0.39 is 6.36 Å². The van der Waals surface area contributed by atoms with Crippen molar-refractivity contribution >= 4 is 22.9 Å². The van der Waals surface area contributed by atoms with Crippen molar-refractivity contribution < 1.29 is 22.7 Å². The molecule has 0 radical (unpaired) electrons. The van der Waals surface area contributed by atoms with Crippen molar-refractivity contribution in [1.29, 1.82) is 0 Å². The van der Waals surface area contributed by atoms with Crippen LogP contribution in [-0.4, -0.2) is 31.8 Å². The first kappa shape index (κ1) is 30.1. The number of benzene rings is 3. The Morgan fingerprint density at radius 2 is 1.78 bits per heavy atom. The Hall–Kier alpha value is -3.85. The molecule has 5 nitrogen and oxygen atoms in total. The Bertz CT molecular complexity index is 1500. The number of Topliss-reactive ketones (excluding diaryl/α,β-unsaturated/α-hetero) is 1. The van der Waals surface area contributed by atoms with Crippen molar-refractivity contribution in [3.05, 3.63) is 95.3 Å². The molecule has 0 aliphatic rings. The smallest absolute Gasteiger partial charge is 0.406 e. The number of hydrogen-bond donors (Lipinski definition) is 0. The van der Waals surface area contributed by atoms with Crippen LogP contribution < -0.4 is 4.74 Å². The predicted molar refractivity (Wildman–Crippen MR) is 158 cm³/mol. The summed E-state index contributed by atoms with van der Waals surface area (Å²) in [5, 5.41) is 4.47.